The van der Waals surface area contributed by atoms with Gasteiger partial charge in [0.25, 0.3) is 0 Å². The second-order valence-electron chi connectivity index (χ2n) is 2.90. The van der Waals surface area contributed by atoms with E-state index in [0.717, 1.165) is 4.47 Å². The Morgan fingerprint density at radius 3 is 2.67 bits per heavy atom. The van der Waals surface area contributed by atoms with Gasteiger partial charge in [-0.2, -0.15) is 0 Å². The average Bonchev–Trinajstić information content (AvgIpc) is 2.17. The molecular weight excluding hydrogens is 264 g/mol. The van der Waals surface area contributed by atoms with Gasteiger partial charge in [-0.3, -0.25) is 0 Å². The molecule has 1 rings (SSSR count). The van der Waals surface area contributed by atoms with Crippen LogP contribution >= 0.6 is 15.9 Å². The summed E-state index contributed by atoms with van der Waals surface area (Å²) in [4.78, 5) is 21.9. The molecule has 0 spiro atoms. The molecular formula is C10H9BrO4. The summed E-state index contributed by atoms with van der Waals surface area (Å²) in [5.41, 5.74) is 0.317. The first-order valence-electron chi connectivity index (χ1n) is 4.20. The third-order valence-corrected chi connectivity index (χ3v) is 2.19. The molecule has 80 valence electrons. The number of aliphatic carboxylic acids is 1. The SMILES string of the molecule is CC(OC(=O)c1cccc(Br)c1)C(=O)O. The first kappa shape index (κ1) is 11.7. The zero-order valence-electron chi connectivity index (χ0n) is 7.94. The maximum Gasteiger partial charge on any atom is 0.344 e. The van der Waals surface area contributed by atoms with Gasteiger partial charge < -0.3 is 9.84 Å². The molecule has 0 aromatic heterocycles. The minimum atomic E-state index is -1.17. The highest BCUT2D eigenvalue weighted by Gasteiger charge is 2.17. The molecule has 15 heavy (non-hydrogen) atoms. The van der Waals surface area contributed by atoms with Gasteiger partial charge >= 0.3 is 11.9 Å². The van der Waals surface area contributed by atoms with E-state index in [9.17, 15) is 9.59 Å². The lowest BCUT2D eigenvalue weighted by atomic mass is 10.2. The minimum Gasteiger partial charge on any atom is -0.479 e. The Balaban J connectivity index is 2.73. The van der Waals surface area contributed by atoms with Crippen LogP contribution in [-0.2, 0) is 9.53 Å². The van der Waals surface area contributed by atoms with Crippen molar-refractivity contribution in [2.75, 3.05) is 0 Å². The Bertz CT molecular complexity index is 389. The minimum absolute atomic E-state index is 0.317. The quantitative estimate of drug-likeness (QED) is 0.856. The molecule has 1 N–H and O–H groups in total. The number of esters is 1. The third-order valence-electron chi connectivity index (χ3n) is 1.69. The first-order valence-corrected chi connectivity index (χ1v) is 4.99. The Morgan fingerprint density at radius 1 is 1.47 bits per heavy atom. The zero-order valence-corrected chi connectivity index (χ0v) is 9.52. The van der Waals surface area contributed by atoms with Gasteiger partial charge in [0.15, 0.2) is 6.10 Å². The molecule has 1 aromatic carbocycles. The molecule has 1 atom stereocenters. The van der Waals surface area contributed by atoms with Gasteiger partial charge in [0.05, 0.1) is 5.56 Å². The smallest absolute Gasteiger partial charge is 0.344 e. The van der Waals surface area contributed by atoms with E-state index in [1.807, 2.05) is 0 Å². The molecule has 0 aliphatic rings. The number of carboxylic acids is 1. The van der Waals surface area contributed by atoms with Crippen LogP contribution in [0.5, 0.6) is 0 Å². The largest absolute Gasteiger partial charge is 0.479 e. The number of carbonyl (C=O) groups is 2. The second-order valence-corrected chi connectivity index (χ2v) is 3.81. The van der Waals surface area contributed by atoms with Crippen LogP contribution in [0.25, 0.3) is 0 Å². The summed E-state index contributed by atoms with van der Waals surface area (Å²) in [6, 6.07) is 6.56. The van der Waals surface area contributed by atoms with E-state index in [-0.39, 0.29) is 0 Å². The first-order chi connectivity index (χ1) is 7.00. The number of ether oxygens (including phenoxy) is 1. The van der Waals surface area contributed by atoms with Crippen LogP contribution in [-0.4, -0.2) is 23.1 Å². The van der Waals surface area contributed by atoms with Crippen LogP contribution in [0.3, 0.4) is 0 Å². The van der Waals surface area contributed by atoms with E-state index >= 15 is 0 Å². The number of hydrogen-bond acceptors (Lipinski definition) is 3. The van der Waals surface area contributed by atoms with E-state index in [1.54, 1.807) is 24.3 Å². The van der Waals surface area contributed by atoms with Crippen LogP contribution < -0.4 is 0 Å². The normalized spacial score (nSPS) is 11.9. The molecule has 0 heterocycles. The van der Waals surface area contributed by atoms with Crippen LogP contribution in [0.1, 0.15) is 17.3 Å². The van der Waals surface area contributed by atoms with E-state index in [2.05, 4.69) is 15.9 Å². The Kier molecular flexibility index (Phi) is 3.85. The molecule has 0 fully saturated rings. The Hall–Kier alpha value is -1.36. The highest BCUT2D eigenvalue weighted by Crippen LogP contribution is 2.13. The monoisotopic (exact) mass is 272 g/mol. The van der Waals surface area contributed by atoms with Crippen molar-refractivity contribution in [1.29, 1.82) is 0 Å². The van der Waals surface area contributed by atoms with Crippen LogP contribution in [0, 0.1) is 0 Å². The molecule has 0 amide bonds. The highest BCUT2D eigenvalue weighted by molar-refractivity contribution is 9.10. The van der Waals surface area contributed by atoms with E-state index in [0.29, 0.717) is 5.56 Å². The number of benzene rings is 1. The summed E-state index contributed by atoms with van der Waals surface area (Å²) in [5, 5.41) is 8.55. The zero-order chi connectivity index (χ0) is 11.4. The molecule has 0 radical (unpaired) electrons. The molecule has 5 heteroatoms. The topological polar surface area (TPSA) is 63.6 Å². The number of carboxylic acid groups (broad SMARTS) is 1. The molecule has 0 bridgehead atoms. The van der Waals surface area contributed by atoms with Crippen molar-refractivity contribution in [3.05, 3.63) is 34.3 Å². The fourth-order valence-corrected chi connectivity index (χ4v) is 1.29. The molecule has 1 unspecified atom stereocenters. The lowest BCUT2D eigenvalue weighted by Crippen LogP contribution is -2.23. The summed E-state index contributed by atoms with van der Waals surface area (Å²) < 4.78 is 5.43. The molecule has 0 saturated carbocycles. The van der Waals surface area contributed by atoms with Crippen molar-refractivity contribution in [3.8, 4) is 0 Å². The molecule has 4 nitrogen and oxygen atoms in total. The lowest BCUT2D eigenvalue weighted by molar-refractivity contribution is -0.146. The number of hydrogen-bond donors (Lipinski definition) is 1. The average molecular weight is 273 g/mol. The summed E-state index contributed by atoms with van der Waals surface area (Å²) in [5.74, 6) is -1.82. The van der Waals surface area contributed by atoms with Gasteiger partial charge in [0.2, 0.25) is 0 Å². The van der Waals surface area contributed by atoms with E-state index in [1.165, 1.54) is 6.92 Å². The van der Waals surface area contributed by atoms with Crippen molar-refractivity contribution < 1.29 is 19.4 Å². The number of rotatable bonds is 3. The van der Waals surface area contributed by atoms with Gasteiger partial charge in [0.1, 0.15) is 0 Å². The number of halogens is 1. The highest BCUT2D eigenvalue weighted by atomic mass is 79.9. The maximum atomic E-state index is 11.4. The van der Waals surface area contributed by atoms with Crippen LogP contribution in [0.2, 0.25) is 0 Å². The standard InChI is InChI=1S/C10H9BrO4/c1-6(9(12)13)15-10(14)7-3-2-4-8(11)5-7/h2-6H,1H3,(H,12,13). The van der Waals surface area contributed by atoms with Crippen molar-refractivity contribution in [3.63, 3.8) is 0 Å². The van der Waals surface area contributed by atoms with Crippen LogP contribution in [0.15, 0.2) is 28.7 Å². The molecule has 0 aliphatic carbocycles. The summed E-state index contributed by atoms with van der Waals surface area (Å²) in [6.45, 7) is 1.30. The summed E-state index contributed by atoms with van der Waals surface area (Å²) >= 11 is 3.20. The summed E-state index contributed by atoms with van der Waals surface area (Å²) in [7, 11) is 0. The third kappa shape index (κ3) is 3.36. The van der Waals surface area contributed by atoms with Crippen molar-refractivity contribution in [1.82, 2.24) is 0 Å². The Labute approximate surface area is 95.0 Å². The molecule has 1 aromatic rings. The molecule has 0 saturated heterocycles. The molecule has 0 aliphatic heterocycles. The van der Waals surface area contributed by atoms with Gasteiger partial charge in [0, 0.05) is 4.47 Å². The van der Waals surface area contributed by atoms with E-state index in [4.69, 9.17) is 9.84 Å². The Morgan fingerprint density at radius 2 is 2.13 bits per heavy atom. The summed E-state index contributed by atoms with van der Waals surface area (Å²) in [6.07, 6.45) is -1.14. The van der Waals surface area contributed by atoms with Crippen molar-refractivity contribution in [2.24, 2.45) is 0 Å². The van der Waals surface area contributed by atoms with Gasteiger partial charge in [-0.1, -0.05) is 22.0 Å². The fourth-order valence-electron chi connectivity index (χ4n) is 0.894. The van der Waals surface area contributed by atoms with Crippen LogP contribution in [0.4, 0.5) is 0 Å². The van der Waals surface area contributed by atoms with Crippen molar-refractivity contribution >= 4 is 27.9 Å². The maximum absolute atomic E-state index is 11.4. The van der Waals surface area contributed by atoms with Gasteiger partial charge in [-0.15, -0.1) is 0 Å². The second kappa shape index (κ2) is 4.93. The van der Waals surface area contributed by atoms with Gasteiger partial charge in [-0.25, -0.2) is 9.59 Å². The van der Waals surface area contributed by atoms with E-state index < -0.39 is 18.0 Å². The predicted molar refractivity (Wildman–Crippen MR) is 56.7 cm³/mol. The lowest BCUT2D eigenvalue weighted by Gasteiger charge is -2.08. The predicted octanol–water partition coefficient (Wildman–Crippen LogP) is 2.08. The van der Waals surface area contributed by atoms with Gasteiger partial charge in [-0.05, 0) is 25.1 Å². The number of carbonyl (C=O) groups excluding carboxylic acids is 1. The van der Waals surface area contributed by atoms with Crippen molar-refractivity contribution in [2.45, 2.75) is 13.0 Å². The fraction of sp³-hybridized carbons (Fsp3) is 0.200.